The second kappa shape index (κ2) is 1240. The molecular weight excluding hydrogens is 388 g/mol. The van der Waals surface area contributed by atoms with Crippen molar-refractivity contribution in [2.75, 3.05) is 0 Å². The van der Waals surface area contributed by atoms with Crippen LogP contribution < -0.4 is 0 Å². The third-order valence-electron chi connectivity index (χ3n) is 0. The standard InChI is InChI=1S/9CH4.4FH.4V/h9*1H4;4*1H;;;;. The van der Waals surface area contributed by atoms with Crippen LogP contribution in [0, 0.1) is 0 Å². The summed E-state index contributed by atoms with van der Waals surface area (Å²) in [5.41, 5.74) is 0. The summed E-state index contributed by atoms with van der Waals surface area (Å²) in [6.45, 7) is 0. The predicted molar refractivity (Wildman–Crippen MR) is 70.6 cm³/mol. The molecule has 8 heteroatoms. The molecule has 0 N–H and O–H groups in total. The van der Waals surface area contributed by atoms with Gasteiger partial charge in [-0.1, -0.05) is 66.8 Å². The van der Waals surface area contributed by atoms with Gasteiger partial charge in [-0.2, -0.15) is 0 Å². The van der Waals surface area contributed by atoms with Gasteiger partial charge >= 0.3 is 0 Å². The second-order valence-electron chi connectivity index (χ2n) is 0. The summed E-state index contributed by atoms with van der Waals surface area (Å²) in [5.74, 6) is 0. The molecule has 0 fully saturated rings. The van der Waals surface area contributed by atoms with Crippen molar-refractivity contribution >= 4 is 0 Å². The van der Waals surface area contributed by atoms with Crippen LogP contribution >= 0.6 is 0 Å². The molecule has 0 aromatic carbocycles. The SMILES string of the molecule is C.C.C.C.C.C.C.C.C.F.F.F.F.[V].[V].[V].[V]. The Morgan fingerprint density at radius 1 is 0.176 bits per heavy atom. The van der Waals surface area contributed by atoms with E-state index in [4.69, 9.17) is 0 Å². The van der Waals surface area contributed by atoms with Gasteiger partial charge in [-0.25, -0.2) is 0 Å². The molecule has 0 aromatic rings. The van der Waals surface area contributed by atoms with Gasteiger partial charge in [-0.05, 0) is 0 Å². The van der Waals surface area contributed by atoms with E-state index in [1.807, 2.05) is 0 Å². The van der Waals surface area contributed by atoms with E-state index in [1.165, 1.54) is 0 Å². The minimum absolute atomic E-state index is 0. The van der Waals surface area contributed by atoms with Crippen LogP contribution in [0.25, 0.3) is 0 Å². The van der Waals surface area contributed by atoms with Crippen LogP contribution in [0.15, 0.2) is 0 Å². The summed E-state index contributed by atoms with van der Waals surface area (Å²) in [6.07, 6.45) is 0. The van der Waals surface area contributed by atoms with Gasteiger partial charge in [0.25, 0.3) is 0 Å². The Bertz CT molecular complexity index is 25.0. The third kappa shape index (κ3) is 1100. The van der Waals surface area contributed by atoms with Gasteiger partial charge in [-0.3, -0.25) is 18.8 Å². The van der Waals surface area contributed by atoms with Crippen LogP contribution in [-0.2, 0) is 74.2 Å². The van der Waals surface area contributed by atoms with E-state index in [1.54, 1.807) is 0 Å². The van der Waals surface area contributed by atoms with Gasteiger partial charge < -0.3 is 0 Å². The molecule has 0 bridgehead atoms. The minimum atomic E-state index is 0. The maximum absolute atomic E-state index is 0. The summed E-state index contributed by atoms with van der Waals surface area (Å²) in [7, 11) is 0. The zero-order valence-corrected chi connectivity index (χ0v) is 9.01. The largest absolute Gasteiger partial charge is 0.269 e. The van der Waals surface area contributed by atoms with Gasteiger partial charge in [0.2, 0.25) is 0 Å². The molecule has 0 heterocycles. The fraction of sp³-hybridized carbons (Fsp3) is 1.00. The van der Waals surface area contributed by atoms with E-state index in [-0.39, 0.29) is 160 Å². The van der Waals surface area contributed by atoms with Crippen molar-refractivity contribution in [3.05, 3.63) is 0 Å². The van der Waals surface area contributed by atoms with E-state index in [0.29, 0.717) is 0 Å². The molecular formula is C9H40F4V4. The molecule has 0 aromatic heterocycles. The van der Waals surface area contributed by atoms with Gasteiger partial charge in [0.05, 0.1) is 0 Å². The van der Waals surface area contributed by atoms with E-state index in [2.05, 4.69) is 0 Å². The molecule has 0 aliphatic heterocycles. The van der Waals surface area contributed by atoms with Gasteiger partial charge in [0, 0.05) is 74.2 Å². The Kier molecular flexibility index (Phi) is 107000. The molecule has 0 saturated heterocycles. The Morgan fingerprint density at radius 2 is 0.176 bits per heavy atom. The number of hydrogen-bond acceptors (Lipinski definition) is 0. The first-order chi connectivity index (χ1) is 0. The van der Waals surface area contributed by atoms with Crippen LogP contribution in [0.2, 0.25) is 0 Å². The minimum Gasteiger partial charge on any atom is -0.269 e. The van der Waals surface area contributed by atoms with E-state index < -0.39 is 0 Å². The van der Waals surface area contributed by atoms with Crippen LogP contribution in [-0.4, -0.2) is 0 Å². The summed E-state index contributed by atoms with van der Waals surface area (Å²) < 4.78 is 0. The van der Waals surface area contributed by atoms with Gasteiger partial charge in [0.15, 0.2) is 0 Å². The Morgan fingerprint density at radius 3 is 0.176 bits per heavy atom. The molecule has 124 valence electrons. The molecule has 0 aliphatic carbocycles. The Hall–Kier alpha value is 2.06. The zero-order chi connectivity index (χ0) is 0. The van der Waals surface area contributed by atoms with E-state index in [0.717, 1.165) is 0 Å². The van der Waals surface area contributed by atoms with Gasteiger partial charge in [-0.15, -0.1) is 0 Å². The van der Waals surface area contributed by atoms with Crippen molar-refractivity contribution < 1.29 is 93.0 Å². The van der Waals surface area contributed by atoms with Crippen LogP contribution in [0.4, 0.5) is 18.8 Å². The van der Waals surface area contributed by atoms with Crippen LogP contribution in [0.5, 0.6) is 0 Å². The molecule has 0 amide bonds. The molecule has 0 unspecified atom stereocenters. The summed E-state index contributed by atoms with van der Waals surface area (Å²) in [5, 5.41) is 0. The fourth-order valence-corrected chi connectivity index (χ4v) is 0. The van der Waals surface area contributed by atoms with Crippen molar-refractivity contribution in [3.8, 4) is 0 Å². The van der Waals surface area contributed by atoms with Crippen LogP contribution in [0.3, 0.4) is 0 Å². The normalized spacial score (nSPS) is 0. The van der Waals surface area contributed by atoms with Crippen molar-refractivity contribution in [2.45, 2.75) is 66.8 Å². The van der Waals surface area contributed by atoms with Gasteiger partial charge in [0.1, 0.15) is 0 Å². The smallest absolute Gasteiger partial charge is 0 e. The predicted octanol–water partition coefficient (Wildman–Crippen LogP) is 6.32. The molecule has 4 radical (unpaired) electrons. The fourth-order valence-electron chi connectivity index (χ4n) is 0. The molecule has 0 aliphatic rings. The summed E-state index contributed by atoms with van der Waals surface area (Å²) in [4.78, 5) is 0. The Balaban J connectivity index is 0. The van der Waals surface area contributed by atoms with E-state index >= 15 is 0 Å². The number of halogens is 4. The maximum atomic E-state index is 0. The molecule has 0 rings (SSSR count). The first-order valence-electron chi connectivity index (χ1n) is 0. The monoisotopic (exact) mass is 428 g/mol. The summed E-state index contributed by atoms with van der Waals surface area (Å²) in [6, 6.07) is 0. The molecule has 0 spiro atoms. The molecule has 17 heavy (non-hydrogen) atoms. The van der Waals surface area contributed by atoms with Crippen LogP contribution in [0.1, 0.15) is 66.8 Å². The maximum Gasteiger partial charge on any atom is 0 e. The average molecular weight is 428 g/mol. The number of hydrogen-bond donors (Lipinski definition) is 0. The van der Waals surface area contributed by atoms with Crippen molar-refractivity contribution in [1.29, 1.82) is 0 Å². The zero-order valence-electron chi connectivity index (χ0n) is 3.42. The topological polar surface area (TPSA) is 0 Å². The van der Waals surface area contributed by atoms with Crippen molar-refractivity contribution in [2.24, 2.45) is 0 Å². The number of rotatable bonds is 0. The second-order valence-corrected chi connectivity index (χ2v) is 0. The van der Waals surface area contributed by atoms with E-state index in [9.17, 15) is 0 Å². The average Bonchev–Trinajstić information content (AvgIpc) is 0. The summed E-state index contributed by atoms with van der Waals surface area (Å²) >= 11 is 0. The first-order valence-corrected chi connectivity index (χ1v) is 0. The molecule has 0 nitrogen and oxygen atoms in total. The van der Waals surface area contributed by atoms with Crippen molar-refractivity contribution in [3.63, 3.8) is 0 Å². The van der Waals surface area contributed by atoms with Crippen molar-refractivity contribution in [1.82, 2.24) is 0 Å². The first kappa shape index (κ1) is 1470. The molecule has 0 atom stereocenters. The molecule has 0 saturated carbocycles. The quantitative estimate of drug-likeness (QED) is 0.396. The third-order valence-corrected chi connectivity index (χ3v) is 0. The Labute approximate surface area is 159 Å².